The molecular weight excluding hydrogens is 414 g/mol. The average molecular weight is 454 g/mol. The predicted molar refractivity (Wildman–Crippen MR) is 129 cm³/mol. The van der Waals surface area contributed by atoms with Crippen molar-refractivity contribution in [3.8, 4) is 0 Å². The quantitative estimate of drug-likeness (QED) is 0.659. The van der Waals surface area contributed by atoms with E-state index in [-0.39, 0.29) is 23.1 Å². The molecule has 4 saturated carbocycles. The maximum Gasteiger partial charge on any atom is 0.247 e. The Labute approximate surface area is 197 Å². The fourth-order valence-electron chi connectivity index (χ4n) is 7.15. The summed E-state index contributed by atoms with van der Waals surface area (Å²) in [7, 11) is 0. The molecule has 1 unspecified atom stereocenters. The van der Waals surface area contributed by atoms with Crippen LogP contribution in [0.3, 0.4) is 0 Å². The summed E-state index contributed by atoms with van der Waals surface area (Å²) in [4.78, 5) is 29.0. The number of amides is 2. The zero-order chi connectivity index (χ0) is 23.0. The molecule has 180 valence electrons. The van der Waals surface area contributed by atoms with Gasteiger partial charge in [0, 0.05) is 30.7 Å². The Bertz CT molecular complexity index is 825. The second-order valence-electron chi connectivity index (χ2n) is 11.5. The summed E-state index contributed by atoms with van der Waals surface area (Å²) in [5, 5.41) is 6.24. The van der Waals surface area contributed by atoms with Crippen molar-refractivity contribution in [2.75, 3.05) is 31.6 Å². The van der Waals surface area contributed by atoms with Crippen molar-refractivity contribution in [1.29, 1.82) is 0 Å². The second kappa shape index (κ2) is 9.38. The van der Waals surface area contributed by atoms with E-state index in [0.717, 1.165) is 57.8 Å². The second-order valence-corrected chi connectivity index (χ2v) is 11.5. The smallest absolute Gasteiger partial charge is 0.247 e. The van der Waals surface area contributed by atoms with Crippen molar-refractivity contribution in [2.45, 2.75) is 65.0 Å². The first-order chi connectivity index (χ1) is 15.9. The van der Waals surface area contributed by atoms with Crippen LogP contribution in [0.2, 0.25) is 0 Å². The Morgan fingerprint density at radius 3 is 2.12 bits per heavy atom. The van der Waals surface area contributed by atoms with Gasteiger partial charge in [0.25, 0.3) is 0 Å². The zero-order valence-electron chi connectivity index (χ0n) is 20.1. The fraction of sp³-hybridized carbons (Fsp3) is 0.704. The summed E-state index contributed by atoms with van der Waals surface area (Å²) >= 11 is 0. The normalized spacial score (nSPS) is 32.0. The van der Waals surface area contributed by atoms with Crippen molar-refractivity contribution < 1.29 is 14.3 Å². The van der Waals surface area contributed by atoms with Gasteiger partial charge in [0.2, 0.25) is 11.8 Å². The van der Waals surface area contributed by atoms with Crippen LogP contribution in [0.5, 0.6) is 0 Å². The molecule has 5 fully saturated rings. The average Bonchev–Trinajstić information content (AvgIpc) is 2.78. The van der Waals surface area contributed by atoms with Gasteiger partial charge in [-0.1, -0.05) is 26.0 Å². The molecule has 1 aromatic carbocycles. The molecule has 6 heteroatoms. The van der Waals surface area contributed by atoms with Crippen molar-refractivity contribution in [2.24, 2.45) is 29.1 Å². The van der Waals surface area contributed by atoms with Crippen molar-refractivity contribution >= 4 is 17.5 Å². The fourth-order valence-corrected chi connectivity index (χ4v) is 7.15. The maximum atomic E-state index is 13.5. The highest BCUT2D eigenvalue weighted by Gasteiger charge is 2.55. The van der Waals surface area contributed by atoms with E-state index in [0.29, 0.717) is 17.8 Å². The van der Waals surface area contributed by atoms with Crippen LogP contribution in [0, 0.1) is 29.1 Å². The Morgan fingerprint density at radius 2 is 1.58 bits per heavy atom. The zero-order valence-corrected chi connectivity index (χ0v) is 20.1. The van der Waals surface area contributed by atoms with Crippen molar-refractivity contribution in [3.63, 3.8) is 0 Å². The lowest BCUT2D eigenvalue weighted by Crippen LogP contribution is -2.57. The third kappa shape index (κ3) is 4.97. The van der Waals surface area contributed by atoms with E-state index in [1.165, 1.54) is 24.8 Å². The van der Waals surface area contributed by atoms with Gasteiger partial charge in [-0.2, -0.15) is 0 Å². The van der Waals surface area contributed by atoms with Gasteiger partial charge in [0.1, 0.15) is 6.04 Å². The third-order valence-electron chi connectivity index (χ3n) is 8.49. The number of hydrogen-bond acceptors (Lipinski definition) is 4. The molecule has 4 aliphatic carbocycles. The van der Waals surface area contributed by atoms with Crippen molar-refractivity contribution in [1.82, 2.24) is 10.2 Å². The summed E-state index contributed by atoms with van der Waals surface area (Å²) in [5.74, 6) is 2.17. The molecule has 5 aliphatic rings. The minimum atomic E-state index is -0.515. The number of carbonyl (C=O) groups excluding carboxylic acids is 2. The standard InChI is InChI=1S/C27H39N3O3/c1-18(2)24(29-26(32)27-14-20-11-21(15-27)13-22(12-20)16-27)25(31)28-23-5-3-19(4-6-23)17-30-7-9-33-10-8-30/h3-6,18,20-22,24H,7-17H2,1-2H3,(H,28,31)(H,29,32). The monoisotopic (exact) mass is 453 g/mol. The number of morpholine rings is 1. The van der Waals surface area contributed by atoms with Crippen LogP contribution in [0.1, 0.15) is 57.9 Å². The molecule has 0 radical (unpaired) electrons. The number of hydrogen-bond donors (Lipinski definition) is 2. The number of nitrogens with one attached hydrogen (secondary N) is 2. The topological polar surface area (TPSA) is 70.7 Å². The molecule has 1 aromatic rings. The molecule has 2 amide bonds. The highest BCUT2D eigenvalue weighted by Crippen LogP contribution is 2.60. The van der Waals surface area contributed by atoms with E-state index >= 15 is 0 Å². The number of benzene rings is 1. The van der Waals surface area contributed by atoms with Crippen LogP contribution in [0.25, 0.3) is 0 Å². The van der Waals surface area contributed by atoms with Gasteiger partial charge in [0.15, 0.2) is 0 Å². The number of nitrogens with zero attached hydrogens (tertiary/aromatic N) is 1. The molecule has 6 rings (SSSR count). The molecule has 0 spiro atoms. The number of ether oxygens (including phenoxy) is 1. The Morgan fingerprint density at radius 1 is 1.00 bits per heavy atom. The molecule has 1 heterocycles. The summed E-state index contributed by atoms with van der Waals surface area (Å²) in [6, 6.07) is 7.56. The van der Waals surface area contributed by atoms with Crippen LogP contribution in [0.15, 0.2) is 24.3 Å². The van der Waals surface area contributed by atoms with Crippen LogP contribution >= 0.6 is 0 Å². The summed E-state index contributed by atoms with van der Waals surface area (Å²) < 4.78 is 5.42. The number of anilines is 1. The maximum absolute atomic E-state index is 13.5. The molecule has 0 aromatic heterocycles. The van der Waals surface area contributed by atoms with Crippen molar-refractivity contribution in [3.05, 3.63) is 29.8 Å². The first-order valence-electron chi connectivity index (χ1n) is 12.9. The third-order valence-corrected chi connectivity index (χ3v) is 8.49. The van der Waals surface area contributed by atoms with E-state index < -0.39 is 6.04 Å². The van der Waals surface area contributed by atoms with Gasteiger partial charge in [-0.15, -0.1) is 0 Å². The molecule has 1 saturated heterocycles. The van der Waals surface area contributed by atoms with E-state index in [1.807, 2.05) is 26.0 Å². The van der Waals surface area contributed by atoms with Gasteiger partial charge in [-0.05, 0) is 79.9 Å². The highest BCUT2D eigenvalue weighted by molar-refractivity contribution is 5.98. The van der Waals surface area contributed by atoms with E-state index in [9.17, 15) is 9.59 Å². The lowest BCUT2D eigenvalue weighted by molar-refractivity contribution is -0.148. The van der Waals surface area contributed by atoms with Gasteiger partial charge in [0.05, 0.1) is 13.2 Å². The van der Waals surface area contributed by atoms with E-state index in [1.54, 1.807) is 0 Å². The van der Waals surface area contributed by atoms with Gasteiger partial charge in [-0.3, -0.25) is 14.5 Å². The highest BCUT2D eigenvalue weighted by atomic mass is 16.5. The summed E-state index contributed by atoms with van der Waals surface area (Å²) in [6.45, 7) is 8.41. The van der Waals surface area contributed by atoms with E-state index in [2.05, 4.69) is 27.7 Å². The largest absolute Gasteiger partial charge is 0.379 e. The van der Waals surface area contributed by atoms with Gasteiger partial charge in [-0.25, -0.2) is 0 Å². The Kier molecular flexibility index (Phi) is 6.49. The minimum Gasteiger partial charge on any atom is -0.379 e. The van der Waals surface area contributed by atoms with Gasteiger partial charge < -0.3 is 15.4 Å². The van der Waals surface area contributed by atoms with Crippen LogP contribution in [0.4, 0.5) is 5.69 Å². The lowest BCUT2D eigenvalue weighted by Gasteiger charge is -2.55. The van der Waals surface area contributed by atoms with Crippen LogP contribution in [-0.4, -0.2) is 49.1 Å². The molecule has 6 nitrogen and oxygen atoms in total. The Hall–Kier alpha value is -1.92. The van der Waals surface area contributed by atoms with Gasteiger partial charge >= 0.3 is 0 Å². The van der Waals surface area contributed by atoms with Crippen LogP contribution in [-0.2, 0) is 20.9 Å². The molecule has 4 bridgehead atoms. The lowest BCUT2D eigenvalue weighted by atomic mass is 9.49. The molecule has 1 aliphatic heterocycles. The summed E-state index contributed by atoms with van der Waals surface area (Å²) in [6.07, 6.45) is 6.97. The molecule has 1 atom stereocenters. The predicted octanol–water partition coefficient (Wildman–Crippen LogP) is 3.81. The first kappa shape index (κ1) is 22.9. The Balaban J connectivity index is 1.20. The first-order valence-corrected chi connectivity index (χ1v) is 12.9. The molecule has 2 N–H and O–H groups in total. The molecular formula is C27H39N3O3. The number of carbonyl (C=O) groups is 2. The molecule has 33 heavy (non-hydrogen) atoms. The minimum absolute atomic E-state index is 0.0310. The number of rotatable bonds is 7. The summed E-state index contributed by atoms with van der Waals surface area (Å²) in [5.41, 5.74) is 1.77. The van der Waals surface area contributed by atoms with E-state index in [4.69, 9.17) is 4.74 Å². The van der Waals surface area contributed by atoms with Crippen LogP contribution < -0.4 is 10.6 Å². The SMILES string of the molecule is CC(C)C(NC(=O)C12CC3CC(CC(C3)C1)C2)C(=O)Nc1ccc(CN2CCOCC2)cc1.